The quantitative estimate of drug-likeness (QED) is 0.461. The van der Waals surface area contributed by atoms with Gasteiger partial charge in [0.1, 0.15) is 18.4 Å². The van der Waals surface area contributed by atoms with Crippen LogP contribution in [0.1, 0.15) is 38.2 Å². The van der Waals surface area contributed by atoms with Crippen LogP contribution in [-0.4, -0.2) is 62.2 Å². The van der Waals surface area contributed by atoms with Gasteiger partial charge in [-0.25, -0.2) is 8.70 Å². The minimum Gasteiger partial charge on any atom is -0.352 e. The van der Waals surface area contributed by atoms with Crippen molar-refractivity contribution in [3.05, 3.63) is 63.9 Å². The molecule has 202 valence electrons. The zero-order valence-electron chi connectivity index (χ0n) is 21.0. The maximum atomic E-state index is 14.7. The average Bonchev–Trinajstić information content (AvgIpc) is 3.35. The maximum Gasteiger partial charge on any atom is 0.304 e. The third-order valence-corrected chi connectivity index (χ3v) is 8.76. The summed E-state index contributed by atoms with van der Waals surface area (Å²) >= 11 is 12.4. The van der Waals surface area contributed by atoms with Gasteiger partial charge in [-0.15, -0.1) is 0 Å². The molecule has 0 radical (unpaired) electrons. The van der Waals surface area contributed by atoms with Crippen molar-refractivity contribution in [3.63, 3.8) is 0 Å². The molecule has 0 heterocycles. The van der Waals surface area contributed by atoms with E-state index in [4.69, 9.17) is 23.2 Å². The summed E-state index contributed by atoms with van der Waals surface area (Å²) in [4.78, 5) is 28.1. The van der Waals surface area contributed by atoms with E-state index < -0.39 is 34.5 Å². The first-order chi connectivity index (χ1) is 17.4. The third kappa shape index (κ3) is 7.13. The van der Waals surface area contributed by atoms with Crippen LogP contribution in [0.2, 0.25) is 10.0 Å². The van der Waals surface area contributed by atoms with Crippen LogP contribution in [-0.2, 0) is 26.3 Å². The molecule has 1 N–H and O–H groups in total. The number of anilines is 1. The summed E-state index contributed by atoms with van der Waals surface area (Å²) in [5, 5.41) is 3.68. The molecule has 0 bridgehead atoms. The van der Waals surface area contributed by atoms with E-state index >= 15 is 0 Å². The van der Waals surface area contributed by atoms with E-state index in [0.717, 1.165) is 36.1 Å². The Morgan fingerprint density at radius 3 is 2.35 bits per heavy atom. The molecule has 3 rings (SSSR count). The SMILES string of the molecule is CC(C(=O)NC1CCCC1)N(Cc1ccc(Cl)cc1Cl)C(=O)CN(c1ccccc1F)S(=O)(=O)N(C)C. The molecule has 2 aromatic rings. The molecule has 0 saturated heterocycles. The molecule has 1 saturated carbocycles. The maximum absolute atomic E-state index is 14.7. The predicted molar refractivity (Wildman–Crippen MR) is 143 cm³/mol. The van der Waals surface area contributed by atoms with Gasteiger partial charge < -0.3 is 10.2 Å². The number of hydrogen-bond acceptors (Lipinski definition) is 4. The molecule has 1 unspecified atom stereocenters. The molecule has 2 amide bonds. The van der Waals surface area contributed by atoms with Crippen LogP contribution in [0, 0.1) is 5.82 Å². The second kappa shape index (κ2) is 12.4. The number of para-hydroxylation sites is 1. The first-order valence-corrected chi connectivity index (χ1v) is 14.1. The van der Waals surface area contributed by atoms with Gasteiger partial charge in [0.15, 0.2) is 0 Å². The Hall–Kier alpha value is -2.40. The number of hydrogen-bond donors (Lipinski definition) is 1. The van der Waals surface area contributed by atoms with Crippen molar-refractivity contribution in [1.29, 1.82) is 0 Å². The van der Waals surface area contributed by atoms with Gasteiger partial charge in [-0.05, 0) is 49.6 Å². The summed E-state index contributed by atoms with van der Waals surface area (Å²) in [6.45, 7) is 0.759. The van der Waals surface area contributed by atoms with Crippen molar-refractivity contribution >= 4 is 50.9 Å². The standard InChI is InChI=1S/C25H31Cl2FN4O4S/c1-17(25(34)29-20-8-4-5-9-20)31(15-18-12-13-19(26)14-21(18)27)24(33)16-32(37(35,36)30(2)3)23-11-7-6-10-22(23)28/h6-7,10-14,17,20H,4-5,8-9,15-16H2,1-3H3,(H,29,34). The topological polar surface area (TPSA) is 90.0 Å². The molecule has 1 fully saturated rings. The lowest BCUT2D eigenvalue weighted by Crippen LogP contribution is -2.53. The number of benzene rings is 2. The normalized spacial score (nSPS) is 15.0. The first-order valence-electron chi connectivity index (χ1n) is 11.9. The van der Waals surface area contributed by atoms with Crippen molar-refractivity contribution in [2.75, 3.05) is 24.9 Å². The van der Waals surface area contributed by atoms with Gasteiger partial charge in [-0.1, -0.05) is 54.2 Å². The monoisotopic (exact) mass is 572 g/mol. The zero-order valence-corrected chi connectivity index (χ0v) is 23.3. The van der Waals surface area contributed by atoms with Gasteiger partial charge in [-0.3, -0.25) is 9.59 Å². The highest BCUT2D eigenvalue weighted by atomic mass is 35.5. The van der Waals surface area contributed by atoms with Crippen LogP contribution in [0.15, 0.2) is 42.5 Å². The Bertz CT molecular complexity index is 1240. The summed E-state index contributed by atoms with van der Waals surface area (Å²) in [5.74, 6) is -1.87. The van der Waals surface area contributed by atoms with Crippen LogP contribution < -0.4 is 9.62 Å². The number of carbonyl (C=O) groups is 2. The minimum atomic E-state index is -4.26. The van der Waals surface area contributed by atoms with Crippen LogP contribution >= 0.6 is 23.2 Å². The van der Waals surface area contributed by atoms with Crippen molar-refractivity contribution in [2.24, 2.45) is 0 Å². The Morgan fingerprint density at radius 1 is 1.11 bits per heavy atom. The lowest BCUT2D eigenvalue weighted by Gasteiger charge is -2.33. The molecule has 1 aliphatic rings. The van der Waals surface area contributed by atoms with Crippen LogP contribution in [0.25, 0.3) is 0 Å². The molecular weight excluding hydrogens is 542 g/mol. The predicted octanol–water partition coefficient (Wildman–Crippen LogP) is 4.22. The van der Waals surface area contributed by atoms with Gasteiger partial charge >= 0.3 is 10.2 Å². The Kier molecular flexibility index (Phi) is 9.80. The molecule has 0 aromatic heterocycles. The molecule has 12 heteroatoms. The van der Waals surface area contributed by atoms with Gasteiger partial charge in [0, 0.05) is 36.7 Å². The second-order valence-electron chi connectivity index (χ2n) is 9.17. The van der Waals surface area contributed by atoms with Crippen molar-refractivity contribution in [2.45, 2.75) is 51.2 Å². The smallest absolute Gasteiger partial charge is 0.304 e. The number of amides is 2. The van der Waals surface area contributed by atoms with E-state index in [2.05, 4.69) is 5.32 Å². The molecule has 0 aliphatic heterocycles. The largest absolute Gasteiger partial charge is 0.352 e. The fourth-order valence-electron chi connectivity index (χ4n) is 4.16. The van der Waals surface area contributed by atoms with Crippen molar-refractivity contribution in [3.8, 4) is 0 Å². The van der Waals surface area contributed by atoms with E-state index in [-0.39, 0.29) is 24.2 Å². The summed E-state index contributed by atoms with van der Waals surface area (Å²) in [6.07, 6.45) is 3.75. The van der Waals surface area contributed by atoms with E-state index in [1.54, 1.807) is 19.1 Å². The summed E-state index contributed by atoms with van der Waals surface area (Å²) in [5.41, 5.74) is 0.241. The van der Waals surface area contributed by atoms with Gasteiger partial charge in [-0.2, -0.15) is 12.7 Å². The van der Waals surface area contributed by atoms with Crippen molar-refractivity contribution in [1.82, 2.24) is 14.5 Å². The van der Waals surface area contributed by atoms with Gasteiger partial charge in [0.2, 0.25) is 11.8 Å². The molecule has 8 nitrogen and oxygen atoms in total. The van der Waals surface area contributed by atoms with Crippen LogP contribution in [0.5, 0.6) is 0 Å². The second-order valence-corrected chi connectivity index (χ2v) is 12.1. The van der Waals surface area contributed by atoms with Gasteiger partial charge in [0.05, 0.1) is 5.69 Å². The number of carbonyl (C=O) groups excluding carboxylic acids is 2. The number of halogens is 3. The van der Waals surface area contributed by atoms with Crippen molar-refractivity contribution < 1.29 is 22.4 Å². The highest BCUT2D eigenvalue weighted by molar-refractivity contribution is 7.90. The lowest BCUT2D eigenvalue weighted by molar-refractivity contribution is -0.139. The lowest BCUT2D eigenvalue weighted by atomic mass is 10.1. The van der Waals surface area contributed by atoms with E-state index in [1.807, 2.05) is 0 Å². The third-order valence-electron chi connectivity index (χ3n) is 6.36. The summed E-state index contributed by atoms with van der Waals surface area (Å²) < 4.78 is 42.5. The average molecular weight is 574 g/mol. The molecule has 2 aromatic carbocycles. The zero-order chi connectivity index (χ0) is 27.3. The fourth-order valence-corrected chi connectivity index (χ4v) is 5.70. The van der Waals surface area contributed by atoms with E-state index in [0.29, 0.717) is 19.9 Å². The first kappa shape index (κ1) is 29.2. The van der Waals surface area contributed by atoms with E-state index in [9.17, 15) is 22.4 Å². The number of nitrogens with one attached hydrogen (secondary N) is 1. The number of rotatable bonds is 10. The minimum absolute atomic E-state index is 0.0232. The van der Waals surface area contributed by atoms with Gasteiger partial charge in [0.25, 0.3) is 0 Å². The van der Waals surface area contributed by atoms with Crippen LogP contribution in [0.3, 0.4) is 0 Å². The molecule has 1 atom stereocenters. The molecular formula is C25H31Cl2FN4O4S. The Morgan fingerprint density at radius 2 is 1.76 bits per heavy atom. The number of nitrogens with zero attached hydrogens (tertiary/aromatic N) is 3. The summed E-state index contributed by atoms with van der Waals surface area (Å²) in [6, 6.07) is 9.12. The Balaban J connectivity index is 1.96. The molecule has 1 aliphatic carbocycles. The highest BCUT2D eigenvalue weighted by Crippen LogP contribution is 2.26. The Labute approximate surface area is 227 Å². The molecule has 37 heavy (non-hydrogen) atoms. The van der Waals surface area contributed by atoms with Crippen LogP contribution in [0.4, 0.5) is 10.1 Å². The summed E-state index contributed by atoms with van der Waals surface area (Å²) in [7, 11) is -1.68. The molecule has 0 spiro atoms. The fraction of sp³-hybridized carbons (Fsp3) is 0.440. The van der Waals surface area contributed by atoms with E-state index in [1.165, 1.54) is 43.3 Å². The highest BCUT2D eigenvalue weighted by Gasteiger charge is 2.34.